The molecule has 0 spiro atoms. The van der Waals surface area contributed by atoms with E-state index in [9.17, 15) is 4.79 Å². The predicted octanol–water partition coefficient (Wildman–Crippen LogP) is 1.15. The molecule has 0 aromatic carbocycles. The van der Waals surface area contributed by atoms with E-state index in [1.165, 1.54) is 0 Å². The second kappa shape index (κ2) is 7.13. The Kier molecular flexibility index (Phi) is 5.80. The highest BCUT2D eigenvalue weighted by atomic mass is 16.5. The molecule has 0 bridgehead atoms. The van der Waals surface area contributed by atoms with E-state index in [0.29, 0.717) is 18.2 Å². The summed E-state index contributed by atoms with van der Waals surface area (Å²) < 4.78 is 5.13. The van der Waals surface area contributed by atoms with Gasteiger partial charge in [0, 0.05) is 12.6 Å². The fourth-order valence-corrected chi connectivity index (χ4v) is 1.66. The zero-order valence-corrected chi connectivity index (χ0v) is 11.3. The van der Waals surface area contributed by atoms with Gasteiger partial charge in [0.2, 0.25) is 0 Å². The second-order valence-electron chi connectivity index (χ2n) is 4.49. The Bertz CT molecular complexity index is 378. The highest BCUT2D eigenvalue weighted by molar-refractivity contribution is 5.91. The van der Waals surface area contributed by atoms with Crippen LogP contribution in [0.15, 0.2) is 10.6 Å². The molecule has 1 aromatic heterocycles. The maximum absolute atomic E-state index is 11.2. The topological polar surface area (TPSA) is 84.4 Å². The van der Waals surface area contributed by atoms with Crippen molar-refractivity contribution in [2.45, 2.75) is 33.7 Å². The molecule has 0 aliphatic heterocycles. The van der Waals surface area contributed by atoms with Crippen LogP contribution in [0.25, 0.3) is 0 Å². The molecule has 1 amide bonds. The minimum atomic E-state index is -0.435. The molecule has 0 aliphatic rings. The maximum atomic E-state index is 11.2. The fraction of sp³-hybridized carbons (Fsp3) is 0.667. The van der Waals surface area contributed by atoms with Crippen LogP contribution in [0.5, 0.6) is 0 Å². The van der Waals surface area contributed by atoms with Gasteiger partial charge in [-0.2, -0.15) is 0 Å². The molecule has 6 nitrogen and oxygen atoms in total. The number of hydrogen-bond acceptors (Lipinski definition) is 5. The minimum absolute atomic E-state index is 0.215. The van der Waals surface area contributed by atoms with Crippen molar-refractivity contribution in [1.82, 2.24) is 15.5 Å². The number of nitrogens with two attached hydrogens (primary N) is 1. The third-order valence-electron chi connectivity index (χ3n) is 3.02. The normalized spacial score (nSPS) is 12.7. The van der Waals surface area contributed by atoms with E-state index >= 15 is 0 Å². The van der Waals surface area contributed by atoms with Gasteiger partial charge in [0.1, 0.15) is 0 Å². The maximum Gasteiger partial charge on any atom is 0.287 e. The van der Waals surface area contributed by atoms with E-state index in [1.807, 2.05) is 5.43 Å². The molecule has 18 heavy (non-hydrogen) atoms. The Balaban J connectivity index is 2.59. The first-order chi connectivity index (χ1) is 8.60. The fourth-order valence-electron chi connectivity index (χ4n) is 1.66. The van der Waals surface area contributed by atoms with E-state index in [1.54, 1.807) is 6.07 Å². The van der Waals surface area contributed by atoms with Gasteiger partial charge in [0.05, 0.1) is 6.54 Å². The van der Waals surface area contributed by atoms with E-state index in [-0.39, 0.29) is 5.69 Å². The number of carbonyl (C=O) groups is 1. The molecule has 6 heteroatoms. The van der Waals surface area contributed by atoms with Crippen molar-refractivity contribution < 1.29 is 9.32 Å². The van der Waals surface area contributed by atoms with Gasteiger partial charge >= 0.3 is 0 Å². The average Bonchev–Trinajstić information content (AvgIpc) is 2.85. The summed E-state index contributed by atoms with van der Waals surface area (Å²) in [5.74, 6) is 5.92. The van der Waals surface area contributed by atoms with Crippen LogP contribution in [-0.4, -0.2) is 29.1 Å². The Morgan fingerprint density at radius 3 is 2.89 bits per heavy atom. The van der Waals surface area contributed by atoms with Gasteiger partial charge in [-0.1, -0.05) is 32.3 Å². The van der Waals surface area contributed by atoms with E-state index in [4.69, 9.17) is 10.4 Å². The summed E-state index contributed by atoms with van der Waals surface area (Å²) in [5.41, 5.74) is 2.24. The molecule has 0 fully saturated rings. The van der Waals surface area contributed by atoms with Crippen LogP contribution >= 0.6 is 0 Å². The minimum Gasteiger partial charge on any atom is -0.359 e. The molecule has 3 N–H and O–H groups in total. The lowest BCUT2D eigenvalue weighted by atomic mass is 10.1. The quantitative estimate of drug-likeness (QED) is 0.433. The van der Waals surface area contributed by atoms with Crippen LogP contribution in [0.1, 0.15) is 43.4 Å². The summed E-state index contributed by atoms with van der Waals surface area (Å²) in [4.78, 5) is 13.5. The van der Waals surface area contributed by atoms with Crippen LogP contribution in [0, 0.1) is 5.92 Å². The van der Waals surface area contributed by atoms with Crippen molar-refractivity contribution in [2.75, 3.05) is 13.1 Å². The van der Waals surface area contributed by atoms with Gasteiger partial charge in [-0.05, 0) is 12.5 Å². The Morgan fingerprint density at radius 2 is 2.33 bits per heavy atom. The molecule has 0 aliphatic carbocycles. The molecule has 0 saturated carbocycles. The van der Waals surface area contributed by atoms with Crippen LogP contribution < -0.4 is 11.3 Å². The SMILES string of the molecule is CCC(C)CN(CC)Cc1cc(C(=O)NN)no1. The number of hydrogen-bond donors (Lipinski definition) is 2. The Morgan fingerprint density at radius 1 is 1.61 bits per heavy atom. The lowest BCUT2D eigenvalue weighted by molar-refractivity contribution is 0.0944. The van der Waals surface area contributed by atoms with Crippen molar-refractivity contribution in [2.24, 2.45) is 11.8 Å². The zero-order chi connectivity index (χ0) is 13.5. The summed E-state index contributed by atoms with van der Waals surface area (Å²) in [6, 6.07) is 1.63. The first kappa shape index (κ1) is 14.7. The molecule has 0 radical (unpaired) electrons. The predicted molar refractivity (Wildman–Crippen MR) is 68.6 cm³/mol. The van der Waals surface area contributed by atoms with Crippen LogP contribution in [0.4, 0.5) is 0 Å². The van der Waals surface area contributed by atoms with Gasteiger partial charge in [-0.15, -0.1) is 0 Å². The largest absolute Gasteiger partial charge is 0.359 e. The van der Waals surface area contributed by atoms with Crippen molar-refractivity contribution in [3.05, 3.63) is 17.5 Å². The number of amides is 1. The third-order valence-corrected chi connectivity index (χ3v) is 3.02. The molecule has 1 rings (SSSR count). The van der Waals surface area contributed by atoms with Gasteiger partial charge in [0.25, 0.3) is 5.91 Å². The molecular formula is C12H22N4O2. The number of nitrogens with one attached hydrogen (secondary N) is 1. The van der Waals surface area contributed by atoms with Crippen LogP contribution in [-0.2, 0) is 6.54 Å². The van der Waals surface area contributed by atoms with Gasteiger partial charge in [0.15, 0.2) is 11.5 Å². The van der Waals surface area contributed by atoms with Crippen molar-refractivity contribution in [3.63, 3.8) is 0 Å². The Labute approximate surface area is 107 Å². The number of hydrazine groups is 1. The van der Waals surface area contributed by atoms with Crippen molar-refractivity contribution in [1.29, 1.82) is 0 Å². The summed E-state index contributed by atoms with van der Waals surface area (Å²) >= 11 is 0. The summed E-state index contributed by atoms with van der Waals surface area (Å²) in [6.07, 6.45) is 1.15. The second-order valence-corrected chi connectivity index (χ2v) is 4.49. The van der Waals surface area contributed by atoms with E-state index in [2.05, 4.69) is 30.8 Å². The van der Waals surface area contributed by atoms with Crippen LogP contribution in [0.3, 0.4) is 0 Å². The van der Waals surface area contributed by atoms with Gasteiger partial charge in [-0.3, -0.25) is 15.1 Å². The molecular weight excluding hydrogens is 232 g/mol. The highest BCUT2D eigenvalue weighted by Crippen LogP contribution is 2.10. The molecule has 1 unspecified atom stereocenters. The summed E-state index contributed by atoms with van der Waals surface area (Å²) in [7, 11) is 0. The molecule has 1 heterocycles. The standard InChI is InChI=1S/C12H22N4O2/c1-4-9(3)7-16(5-2)8-10-6-11(15-18-10)12(17)14-13/h6,9H,4-5,7-8,13H2,1-3H3,(H,14,17). The smallest absolute Gasteiger partial charge is 0.287 e. The molecule has 102 valence electrons. The van der Waals surface area contributed by atoms with Crippen LogP contribution in [0.2, 0.25) is 0 Å². The number of carbonyl (C=O) groups excluding carboxylic acids is 1. The van der Waals surface area contributed by atoms with E-state index in [0.717, 1.165) is 19.5 Å². The van der Waals surface area contributed by atoms with Gasteiger partial charge in [-0.25, -0.2) is 5.84 Å². The lowest BCUT2D eigenvalue weighted by Crippen LogP contribution is -2.30. The summed E-state index contributed by atoms with van der Waals surface area (Å²) in [5, 5.41) is 3.68. The van der Waals surface area contributed by atoms with Crippen molar-refractivity contribution in [3.8, 4) is 0 Å². The number of aromatic nitrogens is 1. The Hall–Kier alpha value is -1.40. The molecule has 1 atom stereocenters. The highest BCUT2D eigenvalue weighted by Gasteiger charge is 2.14. The van der Waals surface area contributed by atoms with Gasteiger partial charge < -0.3 is 4.52 Å². The first-order valence-electron chi connectivity index (χ1n) is 6.29. The van der Waals surface area contributed by atoms with E-state index < -0.39 is 5.91 Å². The third kappa shape index (κ3) is 4.12. The number of nitrogens with zero attached hydrogens (tertiary/aromatic N) is 2. The zero-order valence-electron chi connectivity index (χ0n) is 11.3. The monoisotopic (exact) mass is 254 g/mol. The molecule has 1 aromatic rings. The number of rotatable bonds is 7. The number of nitrogen functional groups attached to an aromatic ring is 1. The summed E-state index contributed by atoms with van der Waals surface area (Å²) in [6.45, 7) is 9.10. The average molecular weight is 254 g/mol. The van der Waals surface area contributed by atoms with Crippen molar-refractivity contribution >= 4 is 5.91 Å². The first-order valence-corrected chi connectivity index (χ1v) is 6.29. The molecule has 0 saturated heterocycles. The lowest BCUT2D eigenvalue weighted by Gasteiger charge is -2.22.